The highest BCUT2D eigenvalue weighted by Crippen LogP contribution is 2.23. The van der Waals surface area contributed by atoms with Gasteiger partial charge in [-0.3, -0.25) is 0 Å². The molecule has 2 heteroatoms. The highest BCUT2D eigenvalue weighted by Gasteiger charge is 2.18. The van der Waals surface area contributed by atoms with Crippen LogP contribution in [-0.4, -0.2) is 17.2 Å². The van der Waals surface area contributed by atoms with Crippen molar-refractivity contribution in [2.75, 3.05) is 5.75 Å². The molecule has 1 aliphatic heterocycles. The Hall–Kier alpha value is 0.310. The van der Waals surface area contributed by atoms with Crippen LogP contribution < -0.4 is 5.32 Å². The summed E-state index contributed by atoms with van der Waals surface area (Å²) in [4.78, 5) is 0. The normalized spacial score (nSPS) is 32.7. The third-order valence-electron chi connectivity index (χ3n) is 2.03. The van der Waals surface area contributed by atoms with Crippen LogP contribution in [0.4, 0.5) is 0 Å². The van der Waals surface area contributed by atoms with Gasteiger partial charge in [0.1, 0.15) is 0 Å². The topological polar surface area (TPSA) is 12.0 Å². The summed E-state index contributed by atoms with van der Waals surface area (Å²) in [5, 5.41) is 4.33. The highest BCUT2D eigenvalue weighted by atomic mass is 32.2. The molecule has 0 saturated carbocycles. The molecule has 1 heterocycles. The van der Waals surface area contributed by atoms with Crippen LogP contribution in [0.3, 0.4) is 0 Å². The summed E-state index contributed by atoms with van der Waals surface area (Å²) in [7, 11) is 0. The number of hydrogen-bond donors (Lipinski definition) is 1. The van der Waals surface area contributed by atoms with Gasteiger partial charge in [-0.1, -0.05) is 13.8 Å². The molecular formula is C9H19NS. The van der Waals surface area contributed by atoms with E-state index in [9.17, 15) is 0 Å². The van der Waals surface area contributed by atoms with E-state index in [4.69, 9.17) is 0 Å². The smallest absolute Gasteiger partial charge is 0.0536 e. The van der Waals surface area contributed by atoms with Crippen molar-refractivity contribution < 1.29 is 0 Å². The predicted octanol–water partition coefficient (Wildman–Crippen LogP) is 2.47. The third kappa shape index (κ3) is 3.48. The highest BCUT2D eigenvalue weighted by molar-refractivity contribution is 7.99. The molecule has 2 atom stereocenters. The van der Waals surface area contributed by atoms with E-state index in [0.29, 0.717) is 0 Å². The number of nitrogens with one attached hydrogen (secondary N) is 1. The van der Waals surface area contributed by atoms with E-state index < -0.39 is 0 Å². The molecule has 0 aromatic heterocycles. The summed E-state index contributed by atoms with van der Waals surface area (Å²) >= 11 is 2.08. The summed E-state index contributed by atoms with van der Waals surface area (Å²) in [5.74, 6) is 2.16. The quantitative estimate of drug-likeness (QED) is 0.688. The van der Waals surface area contributed by atoms with E-state index in [1.807, 2.05) is 0 Å². The lowest BCUT2D eigenvalue weighted by atomic mass is 10.1. The first-order valence-electron chi connectivity index (χ1n) is 4.56. The molecule has 1 aliphatic rings. The Balaban J connectivity index is 2.23. The average Bonchev–Trinajstić information content (AvgIpc) is 1.85. The third-order valence-corrected chi connectivity index (χ3v) is 3.23. The van der Waals surface area contributed by atoms with Crippen LogP contribution in [0.15, 0.2) is 0 Å². The van der Waals surface area contributed by atoms with Crippen LogP contribution in [0.5, 0.6) is 0 Å². The number of rotatable bonds is 2. The second-order valence-electron chi connectivity index (χ2n) is 3.85. The van der Waals surface area contributed by atoms with Gasteiger partial charge in [-0.15, -0.1) is 11.8 Å². The van der Waals surface area contributed by atoms with Crippen molar-refractivity contribution in [1.82, 2.24) is 5.32 Å². The lowest BCUT2D eigenvalue weighted by Crippen LogP contribution is -2.39. The van der Waals surface area contributed by atoms with E-state index in [-0.39, 0.29) is 0 Å². The molecule has 11 heavy (non-hydrogen) atoms. The van der Waals surface area contributed by atoms with E-state index >= 15 is 0 Å². The molecule has 66 valence electrons. The van der Waals surface area contributed by atoms with Gasteiger partial charge in [0.2, 0.25) is 0 Å². The van der Waals surface area contributed by atoms with Crippen molar-refractivity contribution in [2.45, 2.75) is 45.0 Å². The molecule has 1 saturated heterocycles. The van der Waals surface area contributed by atoms with Crippen LogP contribution in [0.25, 0.3) is 0 Å². The zero-order valence-corrected chi connectivity index (χ0v) is 8.58. The van der Waals surface area contributed by atoms with Crippen LogP contribution >= 0.6 is 11.8 Å². The lowest BCUT2D eigenvalue weighted by Gasteiger charge is -2.29. The Kier molecular flexibility index (Phi) is 3.73. The van der Waals surface area contributed by atoms with Gasteiger partial charge in [0, 0.05) is 6.04 Å². The Bertz CT molecular complexity index is 112. The molecule has 0 amide bonds. The van der Waals surface area contributed by atoms with Gasteiger partial charge in [-0.05, 0) is 31.4 Å². The molecule has 0 spiro atoms. The average molecular weight is 173 g/mol. The molecule has 1 unspecified atom stereocenters. The Morgan fingerprint density at radius 1 is 1.55 bits per heavy atom. The molecule has 1 N–H and O–H groups in total. The first kappa shape index (κ1) is 9.40. The summed E-state index contributed by atoms with van der Waals surface area (Å²) < 4.78 is 0. The summed E-state index contributed by atoms with van der Waals surface area (Å²) in [6.07, 6.45) is 2.65. The van der Waals surface area contributed by atoms with E-state index in [2.05, 4.69) is 37.8 Å². The fourth-order valence-corrected chi connectivity index (χ4v) is 3.02. The Morgan fingerprint density at radius 2 is 2.27 bits per heavy atom. The fourth-order valence-electron chi connectivity index (χ4n) is 1.40. The predicted molar refractivity (Wildman–Crippen MR) is 52.9 cm³/mol. The van der Waals surface area contributed by atoms with Crippen LogP contribution in [0.2, 0.25) is 0 Å². The van der Waals surface area contributed by atoms with Crippen molar-refractivity contribution >= 4 is 11.8 Å². The Labute approximate surface area is 74.3 Å². The van der Waals surface area contributed by atoms with Crippen molar-refractivity contribution in [2.24, 2.45) is 5.92 Å². The minimum atomic E-state index is 0.721. The molecule has 0 aliphatic carbocycles. The van der Waals surface area contributed by atoms with Gasteiger partial charge in [-0.25, -0.2) is 0 Å². The van der Waals surface area contributed by atoms with E-state index in [1.165, 1.54) is 18.6 Å². The molecule has 0 bridgehead atoms. The van der Waals surface area contributed by atoms with Gasteiger partial charge in [0.05, 0.1) is 5.37 Å². The molecule has 0 aromatic carbocycles. The minimum Gasteiger partial charge on any atom is -0.303 e. The second kappa shape index (κ2) is 4.36. The monoisotopic (exact) mass is 173 g/mol. The summed E-state index contributed by atoms with van der Waals surface area (Å²) in [6, 6.07) is 0.736. The van der Waals surface area contributed by atoms with Crippen molar-refractivity contribution in [1.29, 1.82) is 0 Å². The minimum absolute atomic E-state index is 0.721. The standard InChI is InChI=1S/C9H19NS/c1-7(2)6-9-10-8(3)4-5-11-9/h7-10H,4-6H2,1-3H3/t8-,9?/m1/s1. The molecular weight excluding hydrogens is 154 g/mol. The lowest BCUT2D eigenvalue weighted by molar-refractivity contribution is 0.443. The molecule has 1 fully saturated rings. The van der Waals surface area contributed by atoms with Gasteiger partial charge in [-0.2, -0.15) is 0 Å². The Morgan fingerprint density at radius 3 is 2.82 bits per heavy atom. The van der Waals surface area contributed by atoms with Crippen molar-refractivity contribution in [3.63, 3.8) is 0 Å². The summed E-state index contributed by atoms with van der Waals surface area (Å²) in [6.45, 7) is 6.87. The van der Waals surface area contributed by atoms with E-state index in [1.54, 1.807) is 0 Å². The van der Waals surface area contributed by atoms with Crippen molar-refractivity contribution in [3.8, 4) is 0 Å². The first-order valence-corrected chi connectivity index (χ1v) is 5.61. The van der Waals surface area contributed by atoms with Gasteiger partial charge < -0.3 is 5.32 Å². The summed E-state index contributed by atoms with van der Waals surface area (Å²) in [5.41, 5.74) is 0. The number of thioether (sulfide) groups is 1. The molecule has 1 nitrogen and oxygen atoms in total. The largest absolute Gasteiger partial charge is 0.303 e. The fraction of sp³-hybridized carbons (Fsp3) is 1.00. The first-order chi connectivity index (χ1) is 5.18. The van der Waals surface area contributed by atoms with Gasteiger partial charge >= 0.3 is 0 Å². The van der Waals surface area contributed by atoms with Crippen LogP contribution in [0, 0.1) is 5.92 Å². The maximum atomic E-state index is 3.61. The van der Waals surface area contributed by atoms with Crippen LogP contribution in [0.1, 0.15) is 33.6 Å². The van der Waals surface area contributed by atoms with Crippen LogP contribution in [-0.2, 0) is 0 Å². The van der Waals surface area contributed by atoms with Gasteiger partial charge in [0.25, 0.3) is 0 Å². The molecule has 1 rings (SSSR count). The number of hydrogen-bond acceptors (Lipinski definition) is 2. The molecule has 0 radical (unpaired) electrons. The van der Waals surface area contributed by atoms with E-state index in [0.717, 1.165) is 17.3 Å². The molecule has 0 aromatic rings. The SMILES string of the molecule is CC(C)CC1N[C@H](C)CCS1. The van der Waals surface area contributed by atoms with Crippen molar-refractivity contribution in [3.05, 3.63) is 0 Å². The van der Waals surface area contributed by atoms with Gasteiger partial charge in [0.15, 0.2) is 0 Å². The maximum absolute atomic E-state index is 3.61. The maximum Gasteiger partial charge on any atom is 0.0536 e. The zero-order chi connectivity index (χ0) is 8.27. The zero-order valence-electron chi connectivity index (χ0n) is 7.76. The second-order valence-corrected chi connectivity index (χ2v) is 5.16.